The van der Waals surface area contributed by atoms with Crippen molar-refractivity contribution in [3.63, 3.8) is 0 Å². The van der Waals surface area contributed by atoms with Crippen molar-refractivity contribution < 1.29 is 24.2 Å². The number of ether oxygens (including phenoxy) is 2. The van der Waals surface area contributed by atoms with Gasteiger partial charge in [-0.2, -0.15) is 0 Å². The van der Waals surface area contributed by atoms with E-state index in [0.29, 0.717) is 23.6 Å². The van der Waals surface area contributed by atoms with Gasteiger partial charge in [0.1, 0.15) is 5.75 Å². The van der Waals surface area contributed by atoms with Crippen molar-refractivity contribution in [3.8, 4) is 5.75 Å². The third kappa shape index (κ3) is 3.33. The summed E-state index contributed by atoms with van der Waals surface area (Å²) in [6.45, 7) is 3.83. The van der Waals surface area contributed by atoms with E-state index in [1.165, 1.54) is 4.90 Å². The molecule has 1 atom stereocenters. The summed E-state index contributed by atoms with van der Waals surface area (Å²) >= 11 is 0. The van der Waals surface area contributed by atoms with Crippen LogP contribution in [-0.4, -0.2) is 36.2 Å². The van der Waals surface area contributed by atoms with E-state index in [-0.39, 0.29) is 31.4 Å². The van der Waals surface area contributed by atoms with E-state index >= 15 is 0 Å². The summed E-state index contributed by atoms with van der Waals surface area (Å²) in [5.74, 6) is 0.0226. The van der Waals surface area contributed by atoms with Gasteiger partial charge in [-0.3, -0.25) is 9.59 Å². The number of rotatable bonds is 5. The van der Waals surface area contributed by atoms with E-state index in [1.807, 2.05) is 0 Å². The maximum Gasteiger partial charge on any atom is 0.307 e. The summed E-state index contributed by atoms with van der Waals surface area (Å²) in [7, 11) is 0. The monoisotopic (exact) mass is 293 g/mol. The van der Waals surface area contributed by atoms with Gasteiger partial charge in [0.25, 0.3) is 5.91 Å². The van der Waals surface area contributed by atoms with Crippen LogP contribution >= 0.6 is 0 Å². The molecular formula is C15H19NO5. The Balaban J connectivity index is 2.22. The van der Waals surface area contributed by atoms with Crippen LogP contribution in [-0.2, 0) is 20.9 Å². The van der Waals surface area contributed by atoms with Crippen LogP contribution < -0.4 is 9.64 Å². The van der Waals surface area contributed by atoms with Crippen LogP contribution in [0, 0.1) is 0 Å². The highest BCUT2D eigenvalue weighted by molar-refractivity contribution is 6.00. The molecule has 0 saturated carbocycles. The minimum atomic E-state index is -0.598. The van der Waals surface area contributed by atoms with Gasteiger partial charge in [0, 0.05) is 6.54 Å². The molecule has 1 N–H and O–H groups in total. The maximum absolute atomic E-state index is 12.2. The first kappa shape index (κ1) is 15.3. The number of benzene rings is 1. The van der Waals surface area contributed by atoms with E-state index in [0.717, 1.165) is 0 Å². The van der Waals surface area contributed by atoms with E-state index in [4.69, 9.17) is 9.47 Å². The number of aliphatic hydroxyl groups is 1. The summed E-state index contributed by atoms with van der Waals surface area (Å²) in [5, 5.41) is 9.21. The molecule has 6 heteroatoms. The quantitative estimate of drug-likeness (QED) is 0.827. The third-order valence-corrected chi connectivity index (χ3v) is 3.26. The van der Waals surface area contributed by atoms with E-state index in [9.17, 15) is 14.7 Å². The predicted molar refractivity (Wildman–Crippen MR) is 76.1 cm³/mol. The fourth-order valence-corrected chi connectivity index (χ4v) is 2.22. The lowest BCUT2D eigenvalue weighted by atomic mass is 10.1. The molecule has 0 bridgehead atoms. The van der Waals surface area contributed by atoms with Crippen molar-refractivity contribution in [3.05, 3.63) is 23.8 Å². The number of esters is 1. The van der Waals surface area contributed by atoms with Gasteiger partial charge in [-0.1, -0.05) is 6.07 Å². The average Bonchev–Trinajstić information content (AvgIpc) is 2.47. The van der Waals surface area contributed by atoms with Crippen LogP contribution in [0.15, 0.2) is 18.2 Å². The number of anilines is 1. The van der Waals surface area contributed by atoms with Gasteiger partial charge in [0.05, 0.1) is 25.3 Å². The first-order valence-corrected chi connectivity index (χ1v) is 6.94. The molecule has 1 aliphatic rings. The minimum Gasteiger partial charge on any atom is -0.479 e. The Morgan fingerprint density at radius 1 is 1.48 bits per heavy atom. The molecule has 6 nitrogen and oxygen atoms in total. The number of amides is 1. The van der Waals surface area contributed by atoms with Crippen molar-refractivity contribution in [2.45, 2.75) is 33.0 Å². The Morgan fingerprint density at radius 3 is 2.90 bits per heavy atom. The van der Waals surface area contributed by atoms with Gasteiger partial charge in [-0.15, -0.1) is 0 Å². The van der Waals surface area contributed by atoms with Crippen molar-refractivity contribution in [2.24, 2.45) is 0 Å². The number of hydrogen-bond donors (Lipinski definition) is 1. The summed E-state index contributed by atoms with van der Waals surface area (Å²) in [4.78, 5) is 25.2. The number of aliphatic hydroxyl groups excluding tert-OH is 1. The molecule has 0 aromatic heterocycles. The number of nitrogens with zero attached hydrogens (tertiary/aromatic N) is 1. The highest BCUT2D eigenvalue weighted by Gasteiger charge is 2.31. The highest BCUT2D eigenvalue weighted by Crippen LogP contribution is 2.35. The Bertz CT molecular complexity index is 543. The molecular weight excluding hydrogens is 274 g/mol. The lowest BCUT2D eigenvalue weighted by Gasteiger charge is -2.33. The normalized spacial score (nSPS) is 17.2. The number of fused-ring (bicyclic) bond motifs is 1. The van der Waals surface area contributed by atoms with Crippen LogP contribution in [0.5, 0.6) is 5.75 Å². The summed E-state index contributed by atoms with van der Waals surface area (Å²) < 4.78 is 10.4. The second-order valence-electron chi connectivity index (χ2n) is 4.77. The molecule has 0 fully saturated rings. The highest BCUT2D eigenvalue weighted by atomic mass is 16.5. The number of hydrogen-bond acceptors (Lipinski definition) is 5. The molecule has 1 unspecified atom stereocenters. The molecule has 0 radical (unpaired) electrons. The molecule has 1 aliphatic heterocycles. The second-order valence-corrected chi connectivity index (χ2v) is 4.77. The fourth-order valence-electron chi connectivity index (χ4n) is 2.22. The van der Waals surface area contributed by atoms with Gasteiger partial charge in [-0.05, 0) is 31.5 Å². The van der Waals surface area contributed by atoms with Crippen LogP contribution in [0.2, 0.25) is 0 Å². The molecule has 114 valence electrons. The minimum absolute atomic E-state index is 0.120. The SMILES string of the molecule is CCOC(=O)CCN1C(=O)C(C)Oc2ccc(CO)cc21. The van der Waals surface area contributed by atoms with Gasteiger partial charge >= 0.3 is 5.97 Å². The van der Waals surface area contributed by atoms with Gasteiger partial charge < -0.3 is 19.5 Å². The topological polar surface area (TPSA) is 76.1 Å². The number of carbonyl (C=O) groups is 2. The van der Waals surface area contributed by atoms with Crippen LogP contribution in [0.3, 0.4) is 0 Å². The molecule has 1 amide bonds. The van der Waals surface area contributed by atoms with Gasteiger partial charge in [0.2, 0.25) is 0 Å². The first-order chi connectivity index (χ1) is 10.1. The Hall–Kier alpha value is -2.08. The maximum atomic E-state index is 12.2. The van der Waals surface area contributed by atoms with E-state index in [1.54, 1.807) is 32.0 Å². The molecule has 1 aromatic rings. The van der Waals surface area contributed by atoms with Crippen molar-refractivity contribution in [2.75, 3.05) is 18.1 Å². The standard InChI is InChI=1S/C15H19NO5/c1-3-20-14(18)6-7-16-12-8-11(9-17)4-5-13(12)21-10(2)15(16)19/h4-5,8,10,17H,3,6-7,9H2,1-2H3. The van der Waals surface area contributed by atoms with Crippen molar-refractivity contribution in [1.29, 1.82) is 0 Å². The zero-order valence-corrected chi connectivity index (χ0v) is 12.2. The Morgan fingerprint density at radius 2 is 2.24 bits per heavy atom. The largest absolute Gasteiger partial charge is 0.479 e. The molecule has 2 rings (SSSR count). The Labute approximate surface area is 123 Å². The van der Waals surface area contributed by atoms with Crippen LogP contribution in [0.4, 0.5) is 5.69 Å². The van der Waals surface area contributed by atoms with Crippen molar-refractivity contribution in [1.82, 2.24) is 0 Å². The van der Waals surface area contributed by atoms with E-state index in [2.05, 4.69) is 0 Å². The van der Waals surface area contributed by atoms with Crippen LogP contribution in [0.1, 0.15) is 25.8 Å². The van der Waals surface area contributed by atoms with Crippen molar-refractivity contribution >= 4 is 17.6 Å². The van der Waals surface area contributed by atoms with E-state index < -0.39 is 6.10 Å². The zero-order valence-electron chi connectivity index (χ0n) is 12.2. The number of carbonyl (C=O) groups excluding carboxylic acids is 2. The molecule has 1 heterocycles. The second kappa shape index (κ2) is 6.58. The van der Waals surface area contributed by atoms with Gasteiger partial charge in [0.15, 0.2) is 6.10 Å². The zero-order chi connectivity index (χ0) is 15.4. The lowest BCUT2D eigenvalue weighted by Crippen LogP contribution is -2.45. The third-order valence-electron chi connectivity index (χ3n) is 3.26. The molecule has 1 aromatic carbocycles. The smallest absolute Gasteiger partial charge is 0.307 e. The molecule has 21 heavy (non-hydrogen) atoms. The van der Waals surface area contributed by atoms with Crippen LogP contribution in [0.25, 0.3) is 0 Å². The molecule has 0 spiro atoms. The predicted octanol–water partition coefficient (Wildman–Crippen LogP) is 1.25. The summed E-state index contributed by atoms with van der Waals surface area (Å²) in [6, 6.07) is 5.16. The average molecular weight is 293 g/mol. The molecule has 0 aliphatic carbocycles. The Kier molecular flexibility index (Phi) is 4.80. The fraction of sp³-hybridized carbons (Fsp3) is 0.467. The summed E-state index contributed by atoms with van der Waals surface area (Å²) in [6.07, 6.45) is -0.477. The first-order valence-electron chi connectivity index (χ1n) is 6.94. The summed E-state index contributed by atoms with van der Waals surface area (Å²) in [5.41, 5.74) is 1.26. The lowest BCUT2D eigenvalue weighted by molar-refractivity contribution is -0.142. The molecule has 0 saturated heterocycles. The van der Waals surface area contributed by atoms with Gasteiger partial charge in [-0.25, -0.2) is 0 Å².